The molecule has 22 heavy (non-hydrogen) atoms. The van der Waals surface area contributed by atoms with Crippen LogP contribution in [0.4, 0.5) is 0 Å². The summed E-state index contributed by atoms with van der Waals surface area (Å²) in [6.45, 7) is 10.7. The molecule has 0 saturated carbocycles. The van der Waals surface area contributed by atoms with Gasteiger partial charge >= 0.3 is 0 Å². The summed E-state index contributed by atoms with van der Waals surface area (Å²) < 4.78 is 7.53. The van der Waals surface area contributed by atoms with Gasteiger partial charge in [-0.1, -0.05) is 20.8 Å². The number of guanidine groups is 1. The van der Waals surface area contributed by atoms with E-state index in [-0.39, 0.29) is 0 Å². The first-order valence-electron chi connectivity index (χ1n) is 8.11. The normalized spacial score (nSPS) is 13.4. The molecule has 0 saturated heterocycles. The van der Waals surface area contributed by atoms with Gasteiger partial charge in [0.2, 0.25) is 0 Å². The van der Waals surface area contributed by atoms with Gasteiger partial charge in [0, 0.05) is 45.7 Å². The summed E-state index contributed by atoms with van der Waals surface area (Å²) in [4.78, 5) is 4.22. The van der Waals surface area contributed by atoms with Gasteiger partial charge in [-0.05, 0) is 24.3 Å². The second kappa shape index (κ2) is 11.1. The van der Waals surface area contributed by atoms with Gasteiger partial charge in [-0.25, -0.2) is 0 Å². The van der Waals surface area contributed by atoms with Gasteiger partial charge in [0.25, 0.3) is 0 Å². The van der Waals surface area contributed by atoms with E-state index in [4.69, 9.17) is 4.74 Å². The van der Waals surface area contributed by atoms with Gasteiger partial charge in [0.05, 0.1) is 6.61 Å². The van der Waals surface area contributed by atoms with Crippen molar-refractivity contribution in [1.29, 1.82) is 0 Å². The molecule has 1 heterocycles. The Morgan fingerprint density at radius 2 is 2.09 bits per heavy atom. The largest absolute Gasteiger partial charge is 0.380 e. The number of nitrogens with zero attached hydrogens (tertiary/aromatic N) is 3. The van der Waals surface area contributed by atoms with Crippen molar-refractivity contribution < 1.29 is 4.74 Å². The Hall–Kier alpha value is -1.56. The van der Waals surface area contributed by atoms with Crippen LogP contribution in [0.5, 0.6) is 0 Å². The lowest BCUT2D eigenvalue weighted by Crippen LogP contribution is -2.41. The molecule has 0 fully saturated rings. The first kappa shape index (κ1) is 18.5. The molecular formula is C16H31N5O. The zero-order chi connectivity index (χ0) is 16.2. The zero-order valence-electron chi connectivity index (χ0n) is 14.4. The molecule has 6 heteroatoms. The van der Waals surface area contributed by atoms with Crippen molar-refractivity contribution >= 4 is 5.96 Å². The summed E-state index contributed by atoms with van der Waals surface area (Å²) in [5.74, 6) is 1.99. The van der Waals surface area contributed by atoms with Gasteiger partial charge in [-0.3, -0.25) is 9.67 Å². The van der Waals surface area contributed by atoms with Crippen LogP contribution >= 0.6 is 0 Å². The highest BCUT2D eigenvalue weighted by Gasteiger charge is 2.05. The smallest absolute Gasteiger partial charge is 0.191 e. The average molecular weight is 309 g/mol. The van der Waals surface area contributed by atoms with E-state index in [9.17, 15) is 0 Å². The summed E-state index contributed by atoms with van der Waals surface area (Å²) in [5.41, 5.74) is 0. The molecule has 0 aliphatic heterocycles. The third-order valence-corrected chi connectivity index (χ3v) is 3.28. The van der Waals surface area contributed by atoms with Crippen LogP contribution in [0.3, 0.4) is 0 Å². The number of rotatable bonds is 10. The number of hydrogen-bond donors (Lipinski definition) is 2. The van der Waals surface area contributed by atoms with Crippen molar-refractivity contribution in [2.75, 3.05) is 33.4 Å². The van der Waals surface area contributed by atoms with Crippen LogP contribution in [0.15, 0.2) is 23.5 Å². The topological polar surface area (TPSA) is 63.5 Å². The Balaban J connectivity index is 2.09. The maximum absolute atomic E-state index is 5.58. The van der Waals surface area contributed by atoms with Gasteiger partial charge in [0.1, 0.15) is 0 Å². The maximum atomic E-state index is 5.58. The molecular weight excluding hydrogens is 278 g/mol. The minimum absolute atomic E-state index is 0.473. The molecule has 0 amide bonds. The number of ether oxygens (including phenoxy) is 1. The predicted molar refractivity (Wildman–Crippen MR) is 91.0 cm³/mol. The second-order valence-electron chi connectivity index (χ2n) is 6.01. The molecule has 6 nitrogen and oxygen atoms in total. The van der Waals surface area contributed by atoms with Crippen LogP contribution < -0.4 is 10.6 Å². The quantitative estimate of drug-likeness (QED) is 0.393. The monoisotopic (exact) mass is 309 g/mol. The van der Waals surface area contributed by atoms with Crippen LogP contribution in [0.1, 0.15) is 27.2 Å². The number of aromatic nitrogens is 2. The highest BCUT2D eigenvalue weighted by atomic mass is 16.5. The molecule has 126 valence electrons. The SMILES string of the molecule is CN=C(NCCOCCC(C)C)NCC(C)Cn1cccn1. The van der Waals surface area contributed by atoms with E-state index in [1.54, 1.807) is 13.2 Å². The second-order valence-corrected chi connectivity index (χ2v) is 6.01. The summed E-state index contributed by atoms with van der Waals surface area (Å²) in [6.07, 6.45) is 4.90. The number of aliphatic imine (C=N–C) groups is 1. The molecule has 0 radical (unpaired) electrons. The molecule has 1 aromatic heterocycles. The fraction of sp³-hybridized carbons (Fsp3) is 0.750. The molecule has 1 aromatic rings. The fourth-order valence-corrected chi connectivity index (χ4v) is 1.95. The molecule has 0 aromatic carbocycles. The number of nitrogens with one attached hydrogen (secondary N) is 2. The highest BCUT2D eigenvalue weighted by Crippen LogP contribution is 1.98. The van der Waals surface area contributed by atoms with E-state index in [1.165, 1.54) is 0 Å². The molecule has 2 N–H and O–H groups in total. The highest BCUT2D eigenvalue weighted by molar-refractivity contribution is 5.79. The third kappa shape index (κ3) is 8.67. The molecule has 0 spiro atoms. The summed E-state index contributed by atoms with van der Waals surface area (Å²) in [7, 11) is 1.78. The molecule has 0 aliphatic rings. The standard InChI is InChI=1S/C16H31N5O/c1-14(2)6-10-22-11-8-18-16(17-4)19-12-15(3)13-21-9-5-7-20-21/h5,7,9,14-15H,6,8,10-13H2,1-4H3,(H2,17,18,19). The van der Waals surface area contributed by atoms with Gasteiger partial charge in [-0.15, -0.1) is 0 Å². The van der Waals surface area contributed by atoms with E-state index in [0.29, 0.717) is 18.4 Å². The average Bonchev–Trinajstić information content (AvgIpc) is 2.98. The Kier molecular flexibility index (Phi) is 9.30. The molecule has 0 bridgehead atoms. The van der Waals surface area contributed by atoms with Crippen molar-refractivity contribution in [3.8, 4) is 0 Å². The van der Waals surface area contributed by atoms with Crippen molar-refractivity contribution in [1.82, 2.24) is 20.4 Å². The third-order valence-electron chi connectivity index (χ3n) is 3.28. The van der Waals surface area contributed by atoms with Gasteiger partial charge < -0.3 is 15.4 Å². The van der Waals surface area contributed by atoms with E-state index < -0.39 is 0 Å². The lowest BCUT2D eigenvalue weighted by atomic mass is 10.1. The van der Waals surface area contributed by atoms with E-state index >= 15 is 0 Å². The van der Waals surface area contributed by atoms with Crippen LogP contribution in [0, 0.1) is 11.8 Å². The summed E-state index contributed by atoms with van der Waals surface area (Å²) >= 11 is 0. The van der Waals surface area contributed by atoms with Crippen LogP contribution in [0.25, 0.3) is 0 Å². The van der Waals surface area contributed by atoms with Crippen molar-refractivity contribution in [3.05, 3.63) is 18.5 Å². The van der Waals surface area contributed by atoms with Crippen LogP contribution in [-0.2, 0) is 11.3 Å². The first-order valence-corrected chi connectivity index (χ1v) is 8.11. The zero-order valence-corrected chi connectivity index (χ0v) is 14.4. The van der Waals surface area contributed by atoms with E-state index in [1.807, 2.05) is 16.9 Å². The minimum Gasteiger partial charge on any atom is -0.380 e. The minimum atomic E-state index is 0.473. The lowest BCUT2D eigenvalue weighted by molar-refractivity contribution is 0.128. The van der Waals surface area contributed by atoms with Gasteiger partial charge in [0.15, 0.2) is 5.96 Å². The Labute approximate surface area is 134 Å². The van der Waals surface area contributed by atoms with Crippen LogP contribution in [-0.4, -0.2) is 49.1 Å². The van der Waals surface area contributed by atoms with Gasteiger partial charge in [-0.2, -0.15) is 5.10 Å². The summed E-state index contributed by atoms with van der Waals surface area (Å²) in [5, 5.41) is 10.8. The summed E-state index contributed by atoms with van der Waals surface area (Å²) in [6, 6.07) is 1.94. The van der Waals surface area contributed by atoms with Crippen molar-refractivity contribution in [2.24, 2.45) is 16.8 Å². The predicted octanol–water partition coefficient (Wildman–Crippen LogP) is 1.75. The Morgan fingerprint density at radius 3 is 2.73 bits per heavy atom. The number of hydrogen-bond acceptors (Lipinski definition) is 3. The molecule has 1 unspecified atom stereocenters. The van der Waals surface area contributed by atoms with Crippen molar-refractivity contribution in [2.45, 2.75) is 33.7 Å². The molecule has 1 atom stereocenters. The van der Waals surface area contributed by atoms with Crippen molar-refractivity contribution in [3.63, 3.8) is 0 Å². The van der Waals surface area contributed by atoms with E-state index in [2.05, 4.69) is 41.5 Å². The Morgan fingerprint density at radius 1 is 1.27 bits per heavy atom. The molecule has 1 rings (SSSR count). The van der Waals surface area contributed by atoms with E-state index in [0.717, 1.165) is 38.6 Å². The fourth-order valence-electron chi connectivity index (χ4n) is 1.95. The first-order chi connectivity index (χ1) is 10.6. The Bertz CT molecular complexity index is 403. The van der Waals surface area contributed by atoms with Crippen LogP contribution in [0.2, 0.25) is 0 Å². The maximum Gasteiger partial charge on any atom is 0.191 e. The molecule has 0 aliphatic carbocycles. The lowest BCUT2D eigenvalue weighted by Gasteiger charge is -2.16.